The van der Waals surface area contributed by atoms with Gasteiger partial charge in [0.25, 0.3) is 5.91 Å². The number of amides is 1. The highest BCUT2D eigenvalue weighted by Gasteiger charge is 2.23. The molecule has 2 rings (SSSR count). The number of hydrogen-bond donors (Lipinski definition) is 3. The standard InChI is InChI=1S/C15H16N2O5S/c16-14(15(18)17-19)10-23(20,21)13-8-6-12(7-9-13)22-11-4-2-1-3-5-11/h1-9,14,19H,10,16H2,(H,17,18)/t14-/m0/s1. The summed E-state index contributed by atoms with van der Waals surface area (Å²) in [5.74, 6) is -0.465. The topological polar surface area (TPSA) is 119 Å². The number of benzene rings is 2. The van der Waals surface area contributed by atoms with Crippen molar-refractivity contribution in [2.75, 3.05) is 5.75 Å². The monoisotopic (exact) mass is 336 g/mol. The molecule has 0 aliphatic heterocycles. The van der Waals surface area contributed by atoms with Gasteiger partial charge in [0.2, 0.25) is 0 Å². The fourth-order valence-electron chi connectivity index (χ4n) is 1.83. The molecule has 0 fully saturated rings. The van der Waals surface area contributed by atoms with Gasteiger partial charge in [0, 0.05) is 0 Å². The fraction of sp³-hybridized carbons (Fsp3) is 0.133. The zero-order valence-corrected chi connectivity index (χ0v) is 12.9. The summed E-state index contributed by atoms with van der Waals surface area (Å²) in [7, 11) is -3.76. The molecule has 8 heteroatoms. The first kappa shape index (κ1) is 16.9. The Morgan fingerprint density at radius 3 is 2.22 bits per heavy atom. The van der Waals surface area contributed by atoms with Gasteiger partial charge >= 0.3 is 0 Å². The molecule has 0 aromatic heterocycles. The molecule has 0 bridgehead atoms. The summed E-state index contributed by atoms with van der Waals surface area (Å²) in [6.07, 6.45) is 0. The Hall–Kier alpha value is -2.42. The van der Waals surface area contributed by atoms with E-state index in [2.05, 4.69) is 0 Å². The van der Waals surface area contributed by atoms with Crippen LogP contribution in [-0.2, 0) is 14.6 Å². The minimum atomic E-state index is -3.76. The third kappa shape index (κ3) is 4.52. The third-order valence-electron chi connectivity index (χ3n) is 3.01. The number of hydroxylamine groups is 1. The second kappa shape index (κ2) is 7.23. The maximum Gasteiger partial charge on any atom is 0.261 e. The Bertz CT molecular complexity index is 760. The maximum absolute atomic E-state index is 12.2. The zero-order chi connectivity index (χ0) is 16.9. The van der Waals surface area contributed by atoms with Crippen molar-refractivity contribution in [3.05, 3.63) is 54.6 Å². The number of rotatable bonds is 6. The van der Waals surface area contributed by atoms with Gasteiger partial charge in [-0.2, -0.15) is 0 Å². The largest absolute Gasteiger partial charge is 0.457 e. The Morgan fingerprint density at radius 1 is 1.09 bits per heavy atom. The van der Waals surface area contributed by atoms with E-state index in [1.54, 1.807) is 12.1 Å². The van der Waals surface area contributed by atoms with E-state index in [0.29, 0.717) is 11.5 Å². The molecule has 0 saturated carbocycles. The molecule has 0 heterocycles. The van der Waals surface area contributed by atoms with Crippen molar-refractivity contribution < 1.29 is 23.2 Å². The average molecular weight is 336 g/mol. The molecule has 1 amide bonds. The number of nitrogens with one attached hydrogen (secondary N) is 1. The number of nitrogens with two attached hydrogens (primary N) is 1. The molecule has 7 nitrogen and oxygen atoms in total. The van der Waals surface area contributed by atoms with Crippen LogP contribution in [0.1, 0.15) is 0 Å². The predicted molar refractivity (Wildman–Crippen MR) is 82.9 cm³/mol. The van der Waals surface area contributed by atoms with E-state index in [1.807, 2.05) is 18.2 Å². The van der Waals surface area contributed by atoms with E-state index in [4.69, 9.17) is 15.7 Å². The first-order chi connectivity index (χ1) is 10.9. The van der Waals surface area contributed by atoms with Gasteiger partial charge in [-0.3, -0.25) is 10.0 Å². The maximum atomic E-state index is 12.2. The molecule has 4 N–H and O–H groups in total. The van der Waals surface area contributed by atoms with Crippen LogP contribution in [0.4, 0.5) is 0 Å². The molecule has 0 radical (unpaired) electrons. The normalized spacial score (nSPS) is 12.4. The molecule has 0 aliphatic carbocycles. The summed E-state index contributed by atoms with van der Waals surface area (Å²) in [4.78, 5) is 11.1. The first-order valence-corrected chi connectivity index (χ1v) is 8.33. The second-order valence-electron chi connectivity index (χ2n) is 4.75. The van der Waals surface area contributed by atoms with Crippen LogP contribution < -0.4 is 16.0 Å². The third-order valence-corrected chi connectivity index (χ3v) is 4.80. The highest BCUT2D eigenvalue weighted by Crippen LogP contribution is 2.23. The van der Waals surface area contributed by atoms with Crippen LogP contribution >= 0.6 is 0 Å². The average Bonchev–Trinajstić information content (AvgIpc) is 2.55. The lowest BCUT2D eigenvalue weighted by Gasteiger charge is -2.11. The molecule has 2 aromatic rings. The smallest absolute Gasteiger partial charge is 0.261 e. The van der Waals surface area contributed by atoms with Crippen molar-refractivity contribution >= 4 is 15.7 Å². The molecule has 0 saturated heterocycles. The van der Waals surface area contributed by atoms with Gasteiger partial charge in [-0.05, 0) is 36.4 Å². The predicted octanol–water partition coefficient (Wildman–Crippen LogP) is 1.09. The lowest BCUT2D eigenvalue weighted by Crippen LogP contribution is -2.43. The fourth-order valence-corrected chi connectivity index (χ4v) is 3.20. The molecule has 2 aromatic carbocycles. The lowest BCUT2D eigenvalue weighted by atomic mass is 10.3. The quantitative estimate of drug-likeness (QED) is 0.536. The molecular weight excluding hydrogens is 320 g/mol. The highest BCUT2D eigenvalue weighted by molar-refractivity contribution is 7.91. The van der Waals surface area contributed by atoms with E-state index < -0.39 is 27.5 Å². The summed E-state index contributed by atoms with van der Waals surface area (Å²) in [6.45, 7) is 0. The second-order valence-corrected chi connectivity index (χ2v) is 6.78. The van der Waals surface area contributed by atoms with Crippen LogP contribution in [0.3, 0.4) is 0 Å². The number of carbonyl (C=O) groups is 1. The van der Waals surface area contributed by atoms with Crippen LogP contribution in [-0.4, -0.2) is 31.3 Å². The lowest BCUT2D eigenvalue weighted by molar-refractivity contribution is -0.130. The van der Waals surface area contributed by atoms with Gasteiger partial charge in [-0.15, -0.1) is 0 Å². The van der Waals surface area contributed by atoms with Crippen LogP contribution in [0.2, 0.25) is 0 Å². The summed E-state index contributed by atoms with van der Waals surface area (Å²) < 4.78 is 29.9. The van der Waals surface area contributed by atoms with Gasteiger partial charge in [-0.25, -0.2) is 13.9 Å². The van der Waals surface area contributed by atoms with Crippen molar-refractivity contribution in [3.63, 3.8) is 0 Å². The molecule has 0 spiro atoms. The Kier molecular flexibility index (Phi) is 5.32. The molecule has 0 unspecified atom stereocenters. The molecule has 1 atom stereocenters. The van der Waals surface area contributed by atoms with Crippen molar-refractivity contribution in [3.8, 4) is 11.5 Å². The Balaban J connectivity index is 2.10. The van der Waals surface area contributed by atoms with Crippen molar-refractivity contribution in [1.82, 2.24) is 5.48 Å². The van der Waals surface area contributed by atoms with Gasteiger partial charge < -0.3 is 10.5 Å². The van der Waals surface area contributed by atoms with Crippen LogP contribution in [0.5, 0.6) is 11.5 Å². The number of sulfone groups is 1. The molecule has 23 heavy (non-hydrogen) atoms. The van der Waals surface area contributed by atoms with E-state index in [0.717, 1.165) is 0 Å². The number of ether oxygens (including phenoxy) is 1. The van der Waals surface area contributed by atoms with Gasteiger partial charge in [0.05, 0.1) is 10.6 Å². The number of para-hydroxylation sites is 1. The van der Waals surface area contributed by atoms with Crippen molar-refractivity contribution in [2.24, 2.45) is 5.73 Å². The van der Waals surface area contributed by atoms with Crippen LogP contribution in [0, 0.1) is 0 Å². The summed E-state index contributed by atoms with van der Waals surface area (Å²) in [5, 5.41) is 8.46. The van der Waals surface area contributed by atoms with E-state index >= 15 is 0 Å². The minimum absolute atomic E-state index is 0.0131. The van der Waals surface area contributed by atoms with Crippen molar-refractivity contribution in [1.29, 1.82) is 0 Å². The van der Waals surface area contributed by atoms with Crippen LogP contribution in [0.15, 0.2) is 59.5 Å². The summed E-state index contributed by atoms with van der Waals surface area (Å²) in [5.41, 5.74) is 6.73. The first-order valence-electron chi connectivity index (χ1n) is 6.67. The van der Waals surface area contributed by atoms with Gasteiger partial charge in [0.15, 0.2) is 9.84 Å². The van der Waals surface area contributed by atoms with E-state index in [9.17, 15) is 13.2 Å². The highest BCUT2D eigenvalue weighted by atomic mass is 32.2. The zero-order valence-electron chi connectivity index (χ0n) is 12.0. The molecular formula is C15H16N2O5S. The Labute approximate surface area is 133 Å². The summed E-state index contributed by atoms with van der Waals surface area (Å²) >= 11 is 0. The molecule has 122 valence electrons. The Morgan fingerprint density at radius 2 is 1.65 bits per heavy atom. The van der Waals surface area contributed by atoms with E-state index in [1.165, 1.54) is 29.7 Å². The van der Waals surface area contributed by atoms with E-state index in [-0.39, 0.29) is 4.90 Å². The molecule has 0 aliphatic rings. The number of carbonyl (C=O) groups excluding carboxylic acids is 1. The SMILES string of the molecule is N[C@@H](CS(=O)(=O)c1ccc(Oc2ccccc2)cc1)C(=O)NO. The van der Waals surface area contributed by atoms with Gasteiger partial charge in [0.1, 0.15) is 17.5 Å². The van der Waals surface area contributed by atoms with Crippen molar-refractivity contribution in [2.45, 2.75) is 10.9 Å². The van der Waals surface area contributed by atoms with Crippen LogP contribution in [0.25, 0.3) is 0 Å². The summed E-state index contributed by atoms with van der Waals surface area (Å²) in [6, 6.07) is 13.5. The number of hydrogen-bond acceptors (Lipinski definition) is 6. The van der Waals surface area contributed by atoms with Gasteiger partial charge in [-0.1, -0.05) is 18.2 Å². The minimum Gasteiger partial charge on any atom is -0.457 e.